The molecule has 1 aliphatic carbocycles. The molecule has 26 heavy (non-hydrogen) atoms. The molecule has 0 saturated heterocycles. The van der Waals surface area contributed by atoms with E-state index in [2.05, 4.69) is 68.8 Å². The zero-order valence-electron chi connectivity index (χ0n) is 16.1. The predicted octanol–water partition coefficient (Wildman–Crippen LogP) is 5.90. The van der Waals surface area contributed by atoms with Gasteiger partial charge in [-0.1, -0.05) is 13.8 Å². The fourth-order valence-corrected chi connectivity index (χ4v) is 5.07. The van der Waals surface area contributed by atoms with Gasteiger partial charge in [0.25, 0.3) is 0 Å². The Morgan fingerprint density at radius 1 is 1.04 bits per heavy atom. The molecule has 0 fully saturated rings. The van der Waals surface area contributed by atoms with E-state index < -0.39 is 0 Å². The molecule has 0 bridgehead atoms. The summed E-state index contributed by atoms with van der Waals surface area (Å²) < 4.78 is 0. The summed E-state index contributed by atoms with van der Waals surface area (Å²) >= 11 is 1.73. The third-order valence-corrected chi connectivity index (χ3v) is 6.68. The van der Waals surface area contributed by atoms with Crippen LogP contribution in [0, 0.1) is 26.2 Å². The first kappa shape index (κ1) is 17.3. The highest BCUT2D eigenvalue weighted by Crippen LogP contribution is 2.47. The van der Waals surface area contributed by atoms with E-state index in [1.54, 1.807) is 11.3 Å². The normalized spacial score (nSPS) is 21.4. The summed E-state index contributed by atoms with van der Waals surface area (Å²) in [5, 5.41) is 9.44. The van der Waals surface area contributed by atoms with Gasteiger partial charge in [0.1, 0.15) is 0 Å². The molecule has 2 aliphatic rings. The lowest BCUT2D eigenvalue weighted by atomic mass is 9.74. The molecule has 1 aliphatic heterocycles. The van der Waals surface area contributed by atoms with Gasteiger partial charge in [0.2, 0.25) is 0 Å². The number of Topliss-reactive ketones (excluding diaryl/α,β-unsaturated/α-hetero) is 1. The second-order valence-corrected chi connectivity index (χ2v) is 9.43. The van der Waals surface area contributed by atoms with Crippen molar-refractivity contribution in [2.24, 2.45) is 5.41 Å². The van der Waals surface area contributed by atoms with E-state index in [9.17, 15) is 4.79 Å². The molecule has 1 atom stereocenters. The second kappa shape index (κ2) is 5.98. The van der Waals surface area contributed by atoms with Crippen molar-refractivity contribution in [2.45, 2.75) is 53.5 Å². The molecule has 2 heterocycles. The third-order valence-electron chi connectivity index (χ3n) is 5.59. The molecule has 1 unspecified atom stereocenters. The SMILES string of the molecule is Cc1cc2c(cc1C)NC(c1sccc1C)C1=C(CC(C)(C)CC1=O)N2. The number of hydrogen-bond acceptors (Lipinski definition) is 4. The fourth-order valence-electron chi connectivity index (χ4n) is 4.09. The highest BCUT2D eigenvalue weighted by Gasteiger charge is 2.39. The number of carbonyl (C=O) groups is 1. The number of allylic oxidation sites excluding steroid dienone is 1. The summed E-state index contributed by atoms with van der Waals surface area (Å²) in [6.07, 6.45) is 1.49. The number of benzene rings is 1. The molecule has 3 nitrogen and oxygen atoms in total. The van der Waals surface area contributed by atoms with Gasteiger partial charge in [0.15, 0.2) is 5.78 Å². The first-order valence-corrected chi connectivity index (χ1v) is 10.1. The molecule has 2 aromatic rings. The molecular weight excluding hydrogens is 340 g/mol. The number of anilines is 2. The van der Waals surface area contributed by atoms with Gasteiger partial charge < -0.3 is 10.6 Å². The predicted molar refractivity (Wildman–Crippen MR) is 110 cm³/mol. The molecule has 4 heteroatoms. The first-order valence-electron chi connectivity index (χ1n) is 9.20. The number of aryl methyl sites for hydroxylation is 3. The van der Waals surface area contributed by atoms with Crippen molar-refractivity contribution < 1.29 is 4.79 Å². The number of rotatable bonds is 1. The standard InChI is InChI=1S/C22H26N2OS/c1-12-6-7-26-21(12)20-19-17(10-22(4,5)11-18(19)25)23-15-8-13(2)14(3)9-16(15)24-20/h6-9,20,23-24H,10-11H2,1-5H3. The first-order chi connectivity index (χ1) is 12.2. The molecule has 0 radical (unpaired) electrons. The number of nitrogens with one attached hydrogen (secondary N) is 2. The Hall–Kier alpha value is -2.07. The van der Waals surface area contributed by atoms with Gasteiger partial charge in [-0.3, -0.25) is 4.79 Å². The van der Waals surface area contributed by atoms with Crippen molar-refractivity contribution in [1.29, 1.82) is 0 Å². The number of thiophene rings is 1. The van der Waals surface area contributed by atoms with Gasteiger partial charge in [0, 0.05) is 22.6 Å². The van der Waals surface area contributed by atoms with Crippen LogP contribution in [0.1, 0.15) is 54.3 Å². The summed E-state index contributed by atoms with van der Waals surface area (Å²) in [6.45, 7) is 10.8. The summed E-state index contributed by atoms with van der Waals surface area (Å²) in [5.74, 6) is 0.260. The fraction of sp³-hybridized carbons (Fsp3) is 0.409. The van der Waals surface area contributed by atoms with E-state index in [4.69, 9.17) is 0 Å². The number of carbonyl (C=O) groups excluding carboxylic acids is 1. The van der Waals surface area contributed by atoms with Gasteiger partial charge >= 0.3 is 0 Å². The van der Waals surface area contributed by atoms with Gasteiger partial charge in [-0.25, -0.2) is 0 Å². The van der Waals surface area contributed by atoms with Gasteiger partial charge in [-0.2, -0.15) is 0 Å². The molecule has 0 saturated carbocycles. The van der Waals surface area contributed by atoms with E-state index in [1.807, 2.05) is 0 Å². The zero-order chi connectivity index (χ0) is 18.6. The van der Waals surface area contributed by atoms with Crippen LogP contribution >= 0.6 is 11.3 Å². The average Bonchev–Trinajstić information content (AvgIpc) is 2.88. The lowest BCUT2D eigenvalue weighted by Gasteiger charge is -2.34. The Morgan fingerprint density at radius 2 is 1.73 bits per heavy atom. The minimum Gasteiger partial charge on any atom is -0.372 e. The van der Waals surface area contributed by atoms with E-state index >= 15 is 0 Å². The van der Waals surface area contributed by atoms with Crippen LogP contribution in [-0.2, 0) is 4.79 Å². The van der Waals surface area contributed by atoms with Gasteiger partial charge in [-0.05, 0) is 72.9 Å². The lowest BCUT2D eigenvalue weighted by molar-refractivity contribution is -0.118. The summed E-state index contributed by atoms with van der Waals surface area (Å²) in [4.78, 5) is 14.4. The lowest BCUT2D eigenvalue weighted by Crippen LogP contribution is -2.31. The highest BCUT2D eigenvalue weighted by atomic mass is 32.1. The number of fused-ring (bicyclic) bond motifs is 1. The van der Waals surface area contributed by atoms with Crippen LogP contribution in [0.4, 0.5) is 11.4 Å². The molecule has 136 valence electrons. The Kier molecular flexibility index (Phi) is 3.99. The summed E-state index contributed by atoms with van der Waals surface area (Å²) in [7, 11) is 0. The van der Waals surface area contributed by atoms with Crippen LogP contribution in [0.2, 0.25) is 0 Å². The highest BCUT2D eigenvalue weighted by molar-refractivity contribution is 7.10. The van der Waals surface area contributed by atoms with Gasteiger partial charge in [0.05, 0.1) is 17.4 Å². The maximum absolute atomic E-state index is 13.2. The smallest absolute Gasteiger partial charge is 0.163 e. The van der Waals surface area contributed by atoms with E-state index in [0.29, 0.717) is 6.42 Å². The number of ketones is 1. The Morgan fingerprint density at radius 3 is 2.38 bits per heavy atom. The van der Waals surface area contributed by atoms with Crippen molar-refractivity contribution in [2.75, 3.05) is 10.6 Å². The van der Waals surface area contributed by atoms with E-state index in [-0.39, 0.29) is 17.2 Å². The summed E-state index contributed by atoms with van der Waals surface area (Å²) in [6, 6.07) is 6.45. The van der Waals surface area contributed by atoms with Crippen LogP contribution in [0.15, 0.2) is 34.8 Å². The van der Waals surface area contributed by atoms with E-state index in [1.165, 1.54) is 21.6 Å². The quantitative estimate of drug-likeness (QED) is 0.660. The van der Waals surface area contributed by atoms with Crippen LogP contribution in [0.25, 0.3) is 0 Å². The average molecular weight is 367 g/mol. The van der Waals surface area contributed by atoms with Crippen molar-refractivity contribution in [3.05, 3.63) is 56.4 Å². The molecular formula is C22H26N2OS. The van der Waals surface area contributed by atoms with Crippen LogP contribution in [-0.4, -0.2) is 5.78 Å². The molecule has 1 aromatic carbocycles. The largest absolute Gasteiger partial charge is 0.372 e. The molecule has 2 N–H and O–H groups in total. The third kappa shape index (κ3) is 2.86. The summed E-state index contributed by atoms with van der Waals surface area (Å²) in [5.41, 5.74) is 7.89. The Balaban J connectivity index is 1.92. The van der Waals surface area contributed by atoms with Crippen LogP contribution in [0.5, 0.6) is 0 Å². The zero-order valence-corrected chi connectivity index (χ0v) is 16.9. The van der Waals surface area contributed by atoms with Crippen molar-refractivity contribution in [3.63, 3.8) is 0 Å². The topological polar surface area (TPSA) is 41.1 Å². The molecule has 4 rings (SSSR count). The minimum atomic E-state index is -0.0792. The van der Waals surface area contributed by atoms with E-state index in [0.717, 1.165) is 29.1 Å². The minimum absolute atomic E-state index is 0.0117. The second-order valence-electron chi connectivity index (χ2n) is 8.49. The molecule has 1 aromatic heterocycles. The Labute approximate surface area is 159 Å². The van der Waals surface area contributed by atoms with Crippen molar-refractivity contribution in [1.82, 2.24) is 0 Å². The van der Waals surface area contributed by atoms with Crippen LogP contribution in [0.3, 0.4) is 0 Å². The maximum Gasteiger partial charge on any atom is 0.163 e. The number of hydrogen-bond donors (Lipinski definition) is 2. The maximum atomic E-state index is 13.2. The van der Waals surface area contributed by atoms with Crippen molar-refractivity contribution >= 4 is 28.5 Å². The van der Waals surface area contributed by atoms with Crippen molar-refractivity contribution in [3.8, 4) is 0 Å². The molecule has 0 spiro atoms. The Bertz CT molecular complexity index is 936. The molecule has 0 amide bonds. The van der Waals surface area contributed by atoms with Gasteiger partial charge in [-0.15, -0.1) is 11.3 Å². The van der Waals surface area contributed by atoms with Crippen LogP contribution < -0.4 is 10.6 Å². The monoisotopic (exact) mass is 366 g/mol.